The quantitative estimate of drug-likeness (QED) is 0.269. The zero-order chi connectivity index (χ0) is 16.2. The molecule has 1 heterocycles. The molecule has 0 saturated heterocycles. The minimum atomic E-state index is 0. The number of pyridine rings is 1. The standard InChI is InChI=1S/C17H30N4O.HI/c1-5-6-7-8-9-14(2)21-17(18-3)20-13-15-10-11-19-16(12-15)22-4;/h10-12,14H,5-9,13H2,1-4H3,(H2,18,20,21);1H. The summed E-state index contributed by atoms with van der Waals surface area (Å²) in [4.78, 5) is 8.38. The lowest BCUT2D eigenvalue weighted by Crippen LogP contribution is -2.41. The van der Waals surface area contributed by atoms with E-state index in [1.54, 1.807) is 20.4 Å². The largest absolute Gasteiger partial charge is 0.481 e. The van der Waals surface area contributed by atoms with Crippen molar-refractivity contribution < 1.29 is 4.74 Å². The Bertz CT molecular complexity index is 454. The van der Waals surface area contributed by atoms with Crippen LogP contribution in [-0.4, -0.2) is 31.1 Å². The first kappa shape index (κ1) is 21.9. The van der Waals surface area contributed by atoms with Gasteiger partial charge in [-0.25, -0.2) is 4.98 Å². The van der Waals surface area contributed by atoms with Gasteiger partial charge in [0.2, 0.25) is 5.88 Å². The molecule has 1 aromatic rings. The van der Waals surface area contributed by atoms with E-state index in [1.807, 2.05) is 12.1 Å². The van der Waals surface area contributed by atoms with Crippen molar-refractivity contribution >= 4 is 29.9 Å². The first-order valence-corrected chi connectivity index (χ1v) is 8.15. The summed E-state index contributed by atoms with van der Waals surface area (Å²) in [5, 5.41) is 6.76. The Balaban J connectivity index is 0.00000484. The Morgan fingerprint density at radius 2 is 2.13 bits per heavy atom. The minimum Gasteiger partial charge on any atom is -0.481 e. The van der Waals surface area contributed by atoms with Crippen LogP contribution in [0.25, 0.3) is 0 Å². The molecule has 0 aliphatic rings. The Kier molecular flexibility index (Phi) is 12.8. The molecule has 1 atom stereocenters. The van der Waals surface area contributed by atoms with Crippen LogP contribution in [0, 0.1) is 0 Å². The van der Waals surface area contributed by atoms with Gasteiger partial charge in [-0.3, -0.25) is 4.99 Å². The lowest BCUT2D eigenvalue weighted by molar-refractivity contribution is 0.397. The van der Waals surface area contributed by atoms with Crippen molar-refractivity contribution in [1.82, 2.24) is 15.6 Å². The zero-order valence-electron chi connectivity index (χ0n) is 14.8. The maximum absolute atomic E-state index is 5.13. The molecule has 5 nitrogen and oxygen atoms in total. The lowest BCUT2D eigenvalue weighted by atomic mass is 10.1. The van der Waals surface area contributed by atoms with Crippen LogP contribution in [0.3, 0.4) is 0 Å². The fourth-order valence-corrected chi connectivity index (χ4v) is 2.24. The molecule has 0 amide bonds. The van der Waals surface area contributed by atoms with E-state index in [4.69, 9.17) is 4.74 Å². The van der Waals surface area contributed by atoms with Gasteiger partial charge < -0.3 is 15.4 Å². The van der Waals surface area contributed by atoms with Gasteiger partial charge in [0.05, 0.1) is 7.11 Å². The Labute approximate surface area is 157 Å². The number of halogens is 1. The van der Waals surface area contributed by atoms with Crippen molar-refractivity contribution in [1.29, 1.82) is 0 Å². The second-order valence-corrected chi connectivity index (χ2v) is 5.53. The lowest BCUT2D eigenvalue weighted by Gasteiger charge is -2.18. The summed E-state index contributed by atoms with van der Waals surface area (Å²) in [6.07, 6.45) is 8.10. The van der Waals surface area contributed by atoms with Crippen molar-refractivity contribution in [2.24, 2.45) is 4.99 Å². The molecule has 1 rings (SSSR count). The van der Waals surface area contributed by atoms with E-state index in [9.17, 15) is 0 Å². The van der Waals surface area contributed by atoms with Crippen LogP contribution in [0.15, 0.2) is 23.3 Å². The minimum absolute atomic E-state index is 0. The summed E-state index contributed by atoms with van der Waals surface area (Å²) in [6.45, 7) is 5.14. The van der Waals surface area contributed by atoms with Crippen molar-refractivity contribution in [2.75, 3.05) is 14.2 Å². The topological polar surface area (TPSA) is 58.5 Å². The van der Waals surface area contributed by atoms with Gasteiger partial charge >= 0.3 is 0 Å². The Morgan fingerprint density at radius 1 is 1.35 bits per heavy atom. The number of methoxy groups -OCH3 is 1. The normalized spacial score (nSPS) is 12.3. The van der Waals surface area contributed by atoms with Crippen molar-refractivity contribution in [3.63, 3.8) is 0 Å². The van der Waals surface area contributed by atoms with E-state index in [0.717, 1.165) is 11.5 Å². The molecule has 0 spiro atoms. The number of ether oxygens (including phenoxy) is 1. The molecule has 0 bridgehead atoms. The molecule has 0 aliphatic heterocycles. The first-order valence-electron chi connectivity index (χ1n) is 8.15. The predicted molar refractivity (Wildman–Crippen MR) is 108 cm³/mol. The second-order valence-electron chi connectivity index (χ2n) is 5.53. The van der Waals surface area contributed by atoms with Gasteiger partial charge in [-0.05, 0) is 25.0 Å². The van der Waals surface area contributed by atoms with E-state index in [0.29, 0.717) is 18.5 Å². The summed E-state index contributed by atoms with van der Waals surface area (Å²) in [6, 6.07) is 4.32. The molecule has 132 valence electrons. The number of unbranched alkanes of at least 4 members (excludes halogenated alkanes) is 3. The SMILES string of the molecule is CCCCCCC(C)NC(=NC)NCc1ccnc(OC)c1.I. The predicted octanol–water partition coefficient (Wildman–Crippen LogP) is 3.73. The van der Waals surface area contributed by atoms with Gasteiger partial charge in [0.1, 0.15) is 0 Å². The molecule has 1 aromatic heterocycles. The molecule has 0 saturated carbocycles. The van der Waals surface area contributed by atoms with E-state index in [2.05, 4.69) is 34.5 Å². The molecular weight excluding hydrogens is 403 g/mol. The van der Waals surface area contributed by atoms with Crippen LogP contribution in [0.4, 0.5) is 0 Å². The highest BCUT2D eigenvalue weighted by Gasteiger charge is 2.05. The van der Waals surface area contributed by atoms with Crippen LogP contribution in [0.5, 0.6) is 5.88 Å². The van der Waals surface area contributed by atoms with Crippen molar-refractivity contribution in [2.45, 2.75) is 58.5 Å². The number of hydrogen-bond acceptors (Lipinski definition) is 3. The number of hydrogen-bond donors (Lipinski definition) is 2. The number of nitrogens with one attached hydrogen (secondary N) is 2. The molecule has 2 N–H and O–H groups in total. The van der Waals surface area contributed by atoms with Crippen molar-refractivity contribution in [3.8, 4) is 5.88 Å². The highest BCUT2D eigenvalue weighted by Crippen LogP contribution is 2.08. The number of aliphatic imine (C=N–C) groups is 1. The number of nitrogens with zero attached hydrogens (tertiary/aromatic N) is 2. The summed E-state index contributed by atoms with van der Waals surface area (Å²) >= 11 is 0. The Morgan fingerprint density at radius 3 is 2.78 bits per heavy atom. The van der Waals surface area contributed by atoms with Gasteiger partial charge in [-0.15, -0.1) is 24.0 Å². The highest BCUT2D eigenvalue weighted by atomic mass is 127. The van der Waals surface area contributed by atoms with E-state index in [-0.39, 0.29) is 24.0 Å². The Hall–Kier alpha value is -1.05. The van der Waals surface area contributed by atoms with Crippen LogP contribution < -0.4 is 15.4 Å². The zero-order valence-corrected chi connectivity index (χ0v) is 17.1. The van der Waals surface area contributed by atoms with Crippen LogP contribution >= 0.6 is 24.0 Å². The highest BCUT2D eigenvalue weighted by molar-refractivity contribution is 14.0. The fourth-order valence-electron chi connectivity index (χ4n) is 2.24. The summed E-state index contributed by atoms with van der Waals surface area (Å²) in [5.74, 6) is 1.46. The van der Waals surface area contributed by atoms with Gasteiger partial charge in [0, 0.05) is 31.9 Å². The third-order valence-corrected chi connectivity index (χ3v) is 3.57. The second kappa shape index (κ2) is 13.4. The summed E-state index contributed by atoms with van der Waals surface area (Å²) in [5.41, 5.74) is 1.12. The van der Waals surface area contributed by atoms with Gasteiger partial charge in [0.25, 0.3) is 0 Å². The third kappa shape index (κ3) is 9.63. The molecular formula is C17H31IN4O. The van der Waals surface area contributed by atoms with Crippen LogP contribution in [-0.2, 0) is 6.54 Å². The fraction of sp³-hybridized carbons (Fsp3) is 0.647. The molecule has 6 heteroatoms. The maximum Gasteiger partial charge on any atom is 0.213 e. The maximum atomic E-state index is 5.13. The first-order chi connectivity index (χ1) is 10.7. The molecule has 23 heavy (non-hydrogen) atoms. The molecule has 0 radical (unpaired) electrons. The molecule has 0 fully saturated rings. The monoisotopic (exact) mass is 434 g/mol. The van der Waals surface area contributed by atoms with E-state index < -0.39 is 0 Å². The van der Waals surface area contributed by atoms with E-state index >= 15 is 0 Å². The molecule has 0 aromatic carbocycles. The van der Waals surface area contributed by atoms with Crippen LogP contribution in [0.1, 0.15) is 51.5 Å². The number of guanidine groups is 1. The van der Waals surface area contributed by atoms with Crippen molar-refractivity contribution in [3.05, 3.63) is 23.9 Å². The van der Waals surface area contributed by atoms with Gasteiger partial charge in [0.15, 0.2) is 5.96 Å². The summed E-state index contributed by atoms with van der Waals surface area (Å²) in [7, 11) is 3.42. The summed E-state index contributed by atoms with van der Waals surface area (Å²) < 4.78 is 5.13. The number of aromatic nitrogens is 1. The van der Waals surface area contributed by atoms with Gasteiger partial charge in [-0.2, -0.15) is 0 Å². The molecule has 0 aliphatic carbocycles. The third-order valence-electron chi connectivity index (χ3n) is 3.57. The van der Waals surface area contributed by atoms with Crippen LogP contribution in [0.2, 0.25) is 0 Å². The number of rotatable bonds is 9. The molecule has 1 unspecified atom stereocenters. The average molecular weight is 434 g/mol. The smallest absolute Gasteiger partial charge is 0.213 e. The van der Waals surface area contributed by atoms with Gasteiger partial charge in [-0.1, -0.05) is 32.6 Å². The average Bonchev–Trinajstić information content (AvgIpc) is 2.55. The van der Waals surface area contributed by atoms with E-state index in [1.165, 1.54) is 32.1 Å².